The van der Waals surface area contributed by atoms with E-state index in [0.717, 1.165) is 64.8 Å². The number of carbonyl (C=O) groups excluding carboxylic acids is 1. The molecule has 0 aliphatic carbocycles. The van der Waals surface area contributed by atoms with E-state index in [2.05, 4.69) is 26.1 Å². The van der Waals surface area contributed by atoms with E-state index in [4.69, 9.17) is 14.2 Å². The third-order valence-electron chi connectivity index (χ3n) is 9.66. The lowest BCUT2D eigenvalue weighted by Crippen LogP contribution is -2.34. The molecule has 48 heavy (non-hydrogen) atoms. The second-order valence-corrected chi connectivity index (χ2v) is 14.6. The van der Waals surface area contributed by atoms with Crippen molar-refractivity contribution in [1.29, 1.82) is 0 Å². The summed E-state index contributed by atoms with van der Waals surface area (Å²) in [6.07, 6.45) is 41.1. The first kappa shape index (κ1) is 47.4. The maximum Gasteiger partial charge on any atom is 0.305 e. The molecule has 0 heterocycles. The van der Waals surface area contributed by atoms with Crippen molar-refractivity contribution >= 4 is 5.97 Å². The van der Waals surface area contributed by atoms with E-state index in [-0.39, 0.29) is 12.1 Å². The van der Waals surface area contributed by atoms with Crippen LogP contribution in [-0.4, -0.2) is 51.6 Å². The van der Waals surface area contributed by atoms with Gasteiger partial charge in [-0.1, -0.05) is 188 Å². The molecule has 0 amide bonds. The Bertz CT molecular complexity index is 601. The summed E-state index contributed by atoms with van der Waals surface area (Å²) in [6, 6.07) is 0. The van der Waals surface area contributed by atoms with E-state index in [1.807, 2.05) is 0 Å². The number of nitrogens with one attached hydrogen (secondary N) is 1. The van der Waals surface area contributed by atoms with Gasteiger partial charge in [-0.3, -0.25) is 4.79 Å². The number of esters is 1. The molecule has 5 heteroatoms. The van der Waals surface area contributed by atoms with Crippen molar-refractivity contribution in [3.8, 4) is 0 Å². The van der Waals surface area contributed by atoms with Gasteiger partial charge in [-0.2, -0.15) is 0 Å². The molecular weight excluding hydrogens is 594 g/mol. The number of ether oxygens (including phenoxy) is 3. The van der Waals surface area contributed by atoms with Crippen LogP contribution in [0.1, 0.15) is 226 Å². The van der Waals surface area contributed by atoms with Crippen LogP contribution in [0.15, 0.2) is 0 Å². The number of rotatable bonds is 42. The van der Waals surface area contributed by atoms with Gasteiger partial charge in [-0.05, 0) is 38.6 Å². The molecule has 1 atom stereocenters. The molecule has 0 saturated carbocycles. The van der Waals surface area contributed by atoms with Gasteiger partial charge in [-0.15, -0.1) is 0 Å². The van der Waals surface area contributed by atoms with Crippen molar-refractivity contribution in [2.24, 2.45) is 0 Å². The Labute approximate surface area is 301 Å². The van der Waals surface area contributed by atoms with Gasteiger partial charge in [0.2, 0.25) is 0 Å². The lowest BCUT2D eigenvalue weighted by atomic mass is 10.0. The first-order valence-electron chi connectivity index (χ1n) is 21.8. The minimum Gasteiger partial charge on any atom is -0.466 e. The largest absolute Gasteiger partial charge is 0.466 e. The number of hydrogen-bond acceptors (Lipinski definition) is 5. The minimum absolute atomic E-state index is 0.0241. The molecular formula is C43H87NO4. The highest BCUT2D eigenvalue weighted by molar-refractivity contribution is 5.69. The number of carbonyl (C=O) groups is 1. The Kier molecular flexibility index (Phi) is 41.9. The molecule has 0 aromatic rings. The fraction of sp³-hybridized carbons (Fsp3) is 0.977. The molecule has 0 saturated heterocycles. The molecule has 0 rings (SSSR count). The van der Waals surface area contributed by atoms with Crippen molar-refractivity contribution in [2.75, 3.05) is 39.5 Å². The maximum atomic E-state index is 12.0. The molecule has 5 nitrogen and oxygen atoms in total. The molecule has 0 aliphatic heterocycles. The van der Waals surface area contributed by atoms with Crippen LogP contribution in [0.3, 0.4) is 0 Å². The van der Waals surface area contributed by atoms with Crippen molar-refractivity contribution in [1.82, 2.24) is 5.32 Å². The van der Waals surface area contributed by atoms with E-state index in [0.29, 0.717) is 19.6 Å². The third-order valence-corrected chi connectivity index (χ3v) is 9.66. The molecule has 0 aliphatic rings. The maximum absolute atomic E-state index is 12.0. The van der Waals surface area contributed by atoms with Crippen molar-refractivity contribution in [3.05, 3.63) is 0 Å². The SMILES string of the molecule is CCCCCCCCCCCCCCCCCCOCC(CNCCCCCC(=O)OCCCCCCCCCC)OCCCCCC. The first-order chi connectivity index (χ1) is 23.7. The predicted octanol–water partition coefficient (Wildman–Crippen LogP) is 13.1. The molecule has 288 valence electrons. The monoisotopic (exact) mass is 682 g/mol. The fourth-order valence-corrected chi connectivity index (χ4v) is 6.37. The van der Waals surface area contributed by atoms with Gasteiger partial charge in [0.1, 0.15) is 0 Å². The molecule has 0 bridgehead atoms. The number of unbranched alkanes of at least 4 members (excludes halogenated alkanes) is 27. The third kappa shape index (κ3) is 39.8. The van der Waals surface area contributed by atoms with Crippen molar-refractivity contribution < 1.29 is 19.0 Å². The highest BCUT2D eigenvalue weighted by Crippen LogP contribution is 2.14. The van der Waals surface area contributed by atoms with Crippen molar-refractivity contribution in [3.63, 3.8) is 0 Å². The Morgan fingerprint density at radius 2 is 0.854 bits per heavy atom. The number of hydrogen-bond donors (Lipinski definition) is 1. The normalized spacial score (nSPS) is 12.1. The zero-order valence-corrected chi connectivity index (χ0v) is 33.1. The standard InChI is InChI=1S/C43H87NO4/c1-4-7-10-13-15-17-18-19-20-21-22-23-24-25-27-32-37-46-41-42(47-38-33-12-9-6-3)40-44-36-31-29-30-35-43(45)48-39-34-28-26-16-14-11-8-5-2/h42,44H,4-41H2,1-3H3. The topological polar surface area (TPSA) is 56.8 Å². The zero-order valence-electron chi connectivity index (χ0n) is 33.1. The second kappa shape index (κ2) is 42.5. The van der Waals surface area contributed by atoms with Crippen LogP contribution in [0, 0.1) is 0 Å². The van der Waals surface area contributed by atoms with Crippen LogP contribution in [0.5, 0.6) is 0 Å². The molecule has 1 unspecified atom stereocenters. The van der Waals surface area contributed by atoms with E-state index in [9.17, 15) is 4.79 Å². The summed E-state index contributed by atoms with van der Waals surface area (Å²) >= 11 is 0. The predicted molar refractivity (Wildman–Crippen MR) is 209 cm³/mol. The van der Waals surface area contributed by atoms with E-state index in [1.165, 1.54) is 161 Å². The van der Waals surface area contributed by atoms with Crippen LogP contribution in [0.2, 0.25) is 0 Å². The van der Waals surface area contributed by atoms with Gasteiger partial charge in [0.15, 0.2) is 0 Å². The van der Waals surface area contributed by atoms with Crippen LogP contribution in [0.4, 0.5) is 0 Å². The Morgan fingerprint density at radius 3 is 1.35 bits per heavy atom. The summed E-state index contributed by atoms with van der Waals surface area (Å²) in [5, 5.41) is 3.58. The summed E-state index contributed by atoms with van der Waals surface area (Å²) in [7, 11) is 0. The average molecular weight is 682 g/mol. The molecule has 1 N–H and O–H groups in total. The molecule has 0 aromatic carbocycles. The zero-order chi connectivity index (χ0) is 34.9. The Hall–Kier alpha value is -0.650. The summed E-state index contributed by atoms with van der Waals surface area (Å²) in [5.41, 5.74) is 0. The highest BCUT2D eigenvalue weighted by Gasteiger charge is 2.10. The van der Waals surface area contributed by atoms with E-state index in [1.54, 1.807) is 0 Å². The quantitative estimate of drug-likeness (QED) is 0.0513. The average Bonchev–Trinajstić information content (AvgIpc) is 3.09. The van der Waals surface area contributed by atoms with Gasteiger partial charge in [0.05, 0.1) is 19.3 Å². The van der Waals surface area contributed by atoms with Gasteiger partial charge in [0, 0.05) is 26.2 Å². The fourth-order valence-electron chi connectivity index (χ4n) is 6.37. The molecule has 0 spiro atoms. The summed E-state index contributed by atoms with van der Waals surface area (Å²) < 4.78 is 17.7. The molecule has 0 aromatic heterocycles. The highest BCUT2D eigenvalue weighted by atomic mass is 16.5. The summed E-state index contributed by atoms with van der Waals surface area (Å²) in [6.45, 7) is 11.6. The van der Waals surface area contributed by atoms with Gasteiger partial charge >= 0.3 is 5.97 Å². The van der Waals surface area contributed by atoms with E-state index < -0.39 is 0 Å². The van der Waals surface area contributed by atoms with E-state index >= 15 is 0 Å². The second-order valence-electron chi connectivity index (χ2n) is 14.6. The lowest BCUT2D eigenvalue weighted by Gasteiger charge is -2.19. The van der Waals surface area contributed by atoms with Crippen LogP contribution in [-0.2, 0) is 19.0 Å². The first-order valence-corrected chi connectivity index (χ1v) is 21.8. The summed E-state index contributed by atoms with van der Waals surface area (Å²) in [5.74, 6) is -0.0241. The Balaban J connectivity index is 3.73. The smallest absolute Gasteiger partial charge is 0.305 e. The van der Waals surface area contributed by atoms with Crippen LogP contribution < -0.4 is 5.32 Å². The van der Waals surface area contributed by atoms with Crippen LogP contribution >= 0.6 is 0 Å². The van der Waals surface area contributed by atoms with Gasteiger partial charge in [-0.25, -0.2) is 0 Å². The minimum atomic E-state index is -0.0241. The van der Waals surface area contributed by atoms with Crippen LogP contribution in [0.25, 0.3) is 0 Å². The molecule has 0 radical (unpaired) electrons. The summed E-state index contributed by atoms with van der Waals surface area (Å²) in [4.78, 5) is 12.0. The van der Waals surface area contributed by atoms with Crippen molar-refractivity contribution in [2.45, 2.75) is 232 Å². The Morgan fingerprint density at radius 1 is 0.458 bits per heavy atom. The van der Waals surface area contributed by atoms with Gasteiger partial charge < -0.3 is 19.5 Å². The molecule has 0 fully saturated rings. The van der Waals surface area contributed by atoms with Gasteiger partial charge in [0.25, 0.3) is 0 Å². The lowest BCUT2D eigenvalue weighted by molar-refractivity contribution is -0.143.